The van der Waals surface area contributed by atoms with Crippen LogP contribution in [0.25, 0.3) is 0 Å². The Bertz CT molecular complexity index is 418. The van der Waals surface area contributed by atoms with Crippen LogP contribution in [-0.4, -0.2) is 20.0 Å². The number of halogens is 1. The largest absolute Gasteiger partial charge is 0.462 e. The molecule has 0 rings (SSSR count). The molecule has 0 fully saturated rings. The normalized spacial score (nSPS) is 11.6. The molecule has 0 amide bonds. The van der Waals surface area contributed by atoms with Gasteiger partial charge in [0.1, 0.15) is 7.38 Å². The predicted octanol–water partition coefficient (Wildman–Crippen LogP) is 9.57. The third-order valence-electron chi connectivity index (χ3n) is 5.75. The zero-order valence-corrected chi connectivity index (χ0v) is 22.3. The molecule has 0 aromatic carbocycles. The lowest BCUT2D eigenvalue weighted by Gasteiger charge is -2.11. The van der Waals surface area contributed by atoms with Crippen molar-refractivity contribution in [2.75, 3.05) is 6.61 Å². The Hall–Kier alpha value is -0.283. The van der Waals surface area contributed by atoms with Gasteiger partial charge in [0, 0.05) is 5.57 Å². The van der Waals surface area contributed by atoms with Gasteiger partial charge in [-0.2, -0.15) is 11.1 Å². The van der Waals surface area contributed by atoms with Gasteiger partial charge < -0.3 is 4.74 Å². The van der Waals surface area contributed by atoms with Crippen molar-refractivity contribution in [1.82, 2.24) is 0 Å². The summed E-state index contributed by atoms with van der Waals surface area (Å²) in [4.78, 5) is 11.2. The highest BCUT2D eigenvalue weighted by molar-refractivity contribution is 7.19. The molecule has 2 nitrogen and oxygen atoms in total. The first-order chi connectivity index (χ1) is 14.3. The van der Waals surface area contributed by atoms with E-state index in [1.54, 1.807) is 6.92 Å². The Morgan fingerprint density at radius 3 is 1.27 bits per heavy atom. The summed E-state index contributed by atoms with van der Waals surface area (Å²) in [6.07, 6.45) is 24.4. The van der Waals surface area contributed by atoms with Crippen LogP contribution in [0.15, 0.2) is 12.2 Å². The second-order valence-corrected chi connectivity index (χ2v) is 16.8. The molecule has 0 unspecified atom stereocenters. The lowest BCUT2D eigenvalue weighted by atomic mass is 10.0. The predicted molar refractivity (Wildman–Crippen MR) is 137 cm³/mol. The van der Waals surface area contributed by atoms with Gasteiger partial charge in [0.05, 0.1) is 6.61 Å². The molecule has 0 saturated heterocycles. The van der Waals surface area contributed by atoms with E-state index in [9.17, 15) is 4.79 Å². The molecule has 0 aromatic rings. The van der Waals surface area contributed by atoms with Crippen molar-refractivity contribution in [3.8, 4) is 0 Å². The van der Waals surface area contributed by atoms with Crippen molar-refractivity contribution in [2.24, 2.45) is 0 Å². The number of rotatable bonds is 22. The van der Waals surface area contributed by atoms with Crippen LogP contribution in [-0.2, 0) is 9.53 Å². The first-order valence-electron chi connectivity index (χ1n) is 12.8. The van der Waals surface area contributed by atoms with Crippen LogP contribution in [0.3, 0.4) is 0 Å². The van der Waals surface area contributed by atoms with Crippen molar-refractivity contribution >= 4 is 24.4 Å². The fraction of sp³-hybridized carbons (Fsp3) is 0.885. The van der Waals surface area contributed by atoms with E-state index in [-0.39, 0.29) is 5.97 Å². The van der Waals surface area contributed by atoms with E-state index in [2.05, 4.69) is 19.7 Å². The molecule has 0 heterocycles. The summed E-state index contributed by atoms with van der Waals surface area (Å²) in [5.41, 5.74) is 0.491. The Morgan fingerprint density at radius 2 is 0.967 bits per heavy atom. The van der Waals surface area contributed by atoms with Crippen LogP contribution in [0.5, 0.6) is 0 Å². The van der Waals surface area contributed by atoms with Crippen molar-refractivity contribution < 1.29 is 9.53 Å². The number of carbonyl (C=O) groups is 1. The fourth-order valence-corrected chi connectivity index (χ4v) is 5.26. The van der Waals surface area contributed by atoms with Crippen LogP contribution in [0.1, 0.15) is 122 Å². The number of unbranched alkanes of at least 4 members (excludes halogenated alkanes) is 17. The van der Waals surface area contributed by atoms with Crippen molar-refractivity contribution in [1.29, 1.82) is 0 Å². The average Bonchev–Trinajstić information content (AvgIpc) is 2.68. The van der Waals surface area contributed by atoms with Gasteiger partial charge in [-0.25, -0.2) is 4.79 Å². The quantitative estimate of drug-likeness (QED) is 0.0530. The van der Waals surface area contributed by atoms with Gasteiger partial charge in [-0.05, 0) is 19.4 Å². The van der Waals surface area contributed by atoms with Crippen LogP contribution >= 0.6 is 11.1 Å². The van der Waals surface area contributed by atoms with Crippen LogP contribution in [0, 0.1) is 0 Å². The minimum Gasteiger partial charge on any atom is -0.462 e. The molecule has 0 bridgehead atoms. The van der Waals surface area contributed by atoms with Crippen molar-refractivity contribution in [3.05, 3.63) is 12.2 Å². The van der Waals surface area contributed by atoms with E-state index >= 15 is 0 Å². The molecule has 0 radical (unpaired) electrons. The Kier molecular flexibility index (Phi) is 20.4. The first kappa shape index (κ1) is 29.7. The van der Waals surface area contributed by atoms with Crippen LogP contribution in [0.2, 0.25) is 19.1 Å². The van der Waals surface area contributed by atoms with Gasteiger partial charge in [-0.15, -0.1) is 0 Å². The summed E-state index contributed by atoms with van der Waals surface area (Å²) >= 11 is 6.36. The van der Waals surface area contributed by atoms with Gasteiger partial charge in [0.15, 0.2) is 0 Å². The topological polar surface area (TPSA) is 26.3 Å². The molecular weight excluding hydrogens is 408 g/mol. The van der Waals surface area contributed by atoms with Crippen LogP contribution in [0.4, 0.5) is 0 Å². The monoisotopic (exact) mass is 458 g/mol. The van der Waals surface area contributed by atoms with E-state index < -0.39 is 7.38 Å². The number of hydrogen-bond acceptors (Lipinski definition) is 2. The number of ether oxygens (including phenoxy) is 1. The molecule has 0 aliphatic rings. The minimum absolute atomic E-state index is 0.255. The number of esters is 1. The van der Waals surface area contributed by atoms with E-state index in [4.69, 9.17) is 15.8 Å². The molecule has 0 aromatic heterocycles. The van der Waals surface area contributed by atoms with E-state index in [0.717, 1.165) is 12.8 Å². The maximum absolute atomic E-state index is 11.2. The molecule has 0 atom stereocenters. The molecule has 0 aliphatic heterocycles. The molecule has 4 heteroatoms. The van der Waals surface area contributed by atoms with Gasteiger partial charge in [-0.1, -0.05) is 129 Å². The first-order valence-corrected chi connectivity index (χ1v) is 17.1. The van der Waals surface area contributed by atoms with Crippen LogP contribution < -0.4 is 0 Å². The summed E-state index contributed by atoms with van der Waals surface area (Å²) in [7, 11) is -1.32. The summed E-state index contributed by atoms with van der Waals surface area (Å²) in [6, 6.07) is 1.28. The molecule has 0 spiro atoms. The van der Waals surface area contributed by atoms with Gasteiger partial charge in [0.25, 0.3) is 0 Å². The Labute approximate surface area is 194 Å². The zero-order valence-electron chi connectivity index (χ0n) is 20.5. The molecule has 0 N–H and O–H groups in total. The summed E-state index contributed by atoms with van der Waals surface area (Å²) in [5.74, 6) is -0.255. The van der Waals surface area contributed by atoms with Crippen molar-refractivity contribution in [2.45, 2.75) is 142 Å². The molecule has 0 saturated carbocycles. The maximum Gasteiger partial charge on any atom is 0.333 e. The molecule has 30 heavy (non-hydrogen) atoms. The molecule has 178 valence electrons. The summed E-state index contributed by atoms with van der Waals surface area (Å²) in [5, 5.41) is 0. The highest BCUT2D eigenvalue weighted by Crippen LogP contribution is 2.19. The molecule has 0 aliphatic carbocycles. The van der Waals surface area contributed by atoms with Gasteiger partial charge in [0.2, 0.25) is 0 Å². The summed E-state index contributed by atoms with van der Waals surface area (Å²) in [6.45, 7) is 10.3. The third kappa shape index (κ3) is 24.0. The molecular formula is C26H51ClO2Si. The number of carbonyl (C=O) groups excluding carboxylic acids is 1. The van der Waals surface area contributed by atoms with Gasteiger partial charge in [-0.3, -0.25) is 0 Å². The smallest absolute Gasteiger partial charge is 0.333 e. The van der Waals surface area contributed by atoms with Crippen molar-refractivity contribution in [3.63, 3.8) is 0 Å². The third-order valence-corrected chi connectivity index (χ3v) is 7.86. The maximum atomic E-state index is 11.2. The Morgan fingerprint density at radius 1 is 0.667 bits per heavy atom. The lowest BCUT2D eigenvalue weighted by molar-refractivity contribution is -0.139. The number of hydrogen-bond donors (Lipinski definition) is 0. The van der Waals surface area contributed by atoms with E-state index in [1.807, 2.05) is 0 Å². The minimum atomic E-state index is -1.32. The Balaban J connectivity index is 3.10. The average molecular weight is 459 g/mol. The van der Waals surface area contributed by atoms with Gasteiger partial charge >= 0.3 is 5.97 Å². The summed E-state index contributed by atoms with van der Waals surface area (Å²) < 4.78 is 5.11. The van der Waals surface area contributed by atoms with E-state index in [0.29, 0.717) is 12.2 Å². The lowest BCUT2D eigenvalue weighted by Crippen LogP contribution is -2.14. The highest BCUT2D eigenvalue weighted by atomic mass is 35.6. The van der Waals surface area contributed by atoms with E-state index in [1.165, 1.54) is 109 Å². The highest BCUT2D eigenvalue weighted by Gasteiger charge is 2.15. The zero-order chi connectivity index (χ0) is 22.5. The standard InChI is InChI=1S/C26H51ClO2Si/c1-25(2)26(28)29-23-21-19-17-15-13-11-9-7-5-6-8-10-12-14-16-18-20-22-24-30(3,4)27/h1,5-24H2,2-4H3. The second kappa shape index (κ2) is 20.6. The SMILES string of the molecule is C=C(C)C(=O)OCCCCCCCCCCCCCCCCCCCC[Si](C)(C)Cl. The second-order valence-electron chi connectivity index (χ2n) is 9.75. The fourth-order valence-electron chi connectivity index (χ4n) is 3.76.